The summed E-state index contributed by atoms with van der Waals surface area (Å²) in [5, 5.41) is 0. The molecule has 2 amide bonds. The first-order valence-electron chi connectivity index (χ1n) is 6.56. The third-order valence-electron chi connectivity index (χ3n) is 4.15. The van der Waals surface area contributed by atoms with Gasteiger partial charge in [0.2, 0.25) is 11.8 Å². The Labute approximate surface area is 107 Å². The molecule has 0 radical (unpaired) electrons. The van der Waals surface area contributed by atoms with E-state index in [9.17, 15) is 9.59 Å². The van der Waals surface area contributed by atoms with E-state index in [4.69, 9.17) is 0 Å². The molecular weight excluding hydrogens is 226 g/mol. The van der Waals surface area contributed by atoms with Gasteiger partial charge in [-0.2, -0.15) is 0 Å². The Hall–Kier alpha value is -1.64. The predicted octanol–water partition coefficient (Wildman–Crippen LogP) is 2.22. The van der Waals surface area contributed by atoms with Crippen LogP contribution in [-0.2, 0) is 16.1 Å². The third kappa shape index (κ3) is 1.74. The first kappa shape index (κ1) is 11.5. The van der Waals surface area contributed by atoms with Gasteiger partial charge in [0, 0.05) is 0 Å². The Balaban J connectivity index is 1.79. The summed E-state index contributed by atoms with van der Waals surface area (Å²) in [7, 11) is 0. The van der Waals surface area contributed by atoms with E-state index >= 15 is 0 Å². The van der Waals surface area contributed by atoms with Crippen LogP contribution in [0.4, 0.5) is 0 Å². The van der Waals surface area contributed by atoms with Gasteiger partial charge in [0.15, 0.2) is 0 Å². The van der Waals surface area contributed by atoms with E-state index in [2.05, 4.69) is 6.92 Å². The second-order valence-corrected chi connectivity index (χ2v) is 5.54. The Morgan fingerprint density at radius 1 is 1.06 bits per heavy atom. The van der Waals surface area contributed by atoms with Crippen molar-refractivity contribution in [3.05, 3.63) is 35.9 Å². The van der Waals surface area contributed by atoms with Crippen LogP contribution in [0.3, 0.4) is 0 Å². The van der Waals surface area contributed by atoms with Crippen LogP contribution in [0.1, 0.15) is 25.3 Å². The van der Waals surface area contributed by atoms with Gasteiger partial charge in [-0.3, -0.25) is 14.5 Å². The number of benzene rings is 1. The Morgan fingerprint density at radius 2 is 1.61 bits per heavy atom. The highest BCUT2D eigenvalue weighted by Gasteiger charge is 2.51. The molecule has 18 heavy (non-hydrogen) atoms. The van der Waals surface area contributed by atoms with Crippen molar-refractivity contribution in [3.63, 3.8) is 0 Å². The Bertz CT molecular complexity index is 459. The van der Waals surface area contributed by atoms with Gasteiger partial charge in [-0.25, -0.2) is 0 Å². The summed E-state index contributed by atoms with van der Waals surface area (Å²) in [5.74, 6) is 0.496. The summed E-state index contributed by atoms with van der Waals surface area (Å²) in [6, 6.07) is 9.72. The minimum atomic E-state index is -0.0452. The molecule has 0 N–H and O–H groups in total. The fraction of sp³-hybridized carbons (Fsp3) is 0.467. The number of carbonyl (C=O) groups excluding carboxylic acids is 2. The summed E-state index contributed by atoms with van der Waals surface area (Å²) in [4.78, 5) is 26.0. The molecule has 2 atom stereocenters. The highest BCUT2D eigenvalue weighted by Crippen LogP contribution is 2.43. The van der Waals surface area contributed by atoms with Crippen LogP contribution in [-0.4, -0.2) is 16.7 Å². The summed E-state index contributed by atoms with van der Waals surface area (Å²) >= 11 is 0. The van der Waals surface area contributed by atoms with Crippen molar-refractivity contribution in [2.24, 2.45) is 17.8 Å². The van der Waals surface area contributed by atoms with E-state index < -0.39 is 0 Å². The molecule has 0 aromatic heterocycles. The number of carbonyl (C=O) groups is 2. The maximum Gasteiger partial charge on any atom is 0.233 e. The molecular formula is C15H17NO2. The topological polar surface area (TPSA) is 37.4 Å². The molecule has 1 heterocycles. The number of nitrogens with zero attached hydrogens (tertiary/aromatic N) is 1. The van der Waals surface area contributed by atoms with Gasteiger partial charge in [0.25, 0.3) is 0 Å². The largest absolute Gasteiger partial charge is 0.278 e. The van der Waals surface area contributed by atoms with Crippen LogP contribution in [0.5, 0.6) is 0 Å². The number of fused-ring (bicyclic) bond motifs is 1. The number of imide groups is 1. The van der Waals surface area contributed by atoms with E-state index in [0.29, 0.717) is 12.5 Å². The molecule has 1 aliphatic carbocycles. The van der Waals surface area contributed by atoms with Gasteiger partial charge in [-0.05, 0) is 24.3 Å². The van der Waals surface area contributed by atoms with Crippen molar-refractivity contribution in [2.45, 2.75) is 26.3 Å². The lowest BCUT2D eigenvalue weighted by Gasteiger charge is -2.16. The number of hydrogen-bond donors (Lipinski definition) is 0. The summed E-state index contributed by atoms with van der Waals surface area (Å²) in [5.41, 5.74) is 1.02. The summed E-state index contributed by atoms with van der Waals surface area (Å²) in [6.07, 6.45) is 1.75. The molecule has 1 aromatic carbocycles. The molecule has 0 spiro atoms. The molecule has 2 fully saturated rings. The molecule has 1 aliphatic heterocycles. The van der Waals surface area contributed by atoms with Crippen molar-refractivity contribution < 1.29 is 9.59 Å². The second-order valence-electron chi connectivity index (χ2n) is 5.54. The van der Waals surface area contributed by atoms with Crippen molar-refractivity contribution in [1.29, 1.82) is 0 Å². The minimum Gasteiger partial charge on any atom is -0.278 e. The third-order valence-corrected chi connectivity index (χ3v) is 4.15. The fourth-order valence-electron chi connectivity index (χ4n) is 3.27. The van der Waals surface area contributed by atoms with Crippen LogP contribution in [0, 0.1) is 17.8 Å². The van der Waals surface area contributed by atoms with Crippen molar-refractivity contribution >= 4 is 11.8 Å². The Morgan fingerprint density at radius 3 is 2.17 bits per heavy atom. The highest BCUT2D eigenvalue weighted by atomic mass is 16.2. The number of rotatable bonds is 2. The first-order chi connectivity index (χ1) is 8.66. The Kier molecular flexibility index (Phi) is 2.69. The van der Waals surface area contributed by atoms with Crippen molar-refractivity contribution in [3.8, 4) is 0 Å². The molecule has 2 unspecified atom stereocenters. The predicted molar refractivity (Wildman–Crippen MR) is 67.4 cm³/mol. The van der Waals surface area contributed by atoms with E-state index in [-0.39, 0.29) is 23.7 Å². The monoisotopic (exact) mass is 243 g/mol. The lowest BCUT2D eigenvalue weighted by Crippen LogP contribution is -2.31. The van der Waals surface area contributed by atoms with Gasteiger partial charge in [-0.15, -0.1) is 0 Å². The molecule has 1 aromatic rings. The minimum absolute atomic E-state index is 0.0400. The zero-order valence-corrected chi connectivity index (χ0v) is 10.5. The average Bonchev–Trinajstić information content (AvgIpc) is 2.85. The van der Waals surface area contributed by atoms with Gasteiger partial charge in [-0.1, -0.05) is 37.3 Å². The van der Waals surface area contributed by atoms with E-state index in [1.165, 1.54) is 4.90 Å². The number of likely N-dealkylation sites (tertiary alicyclic amines) is 1. The van der Waals surface area contributed by atoms with Crippen LogP contribution in [0.2, 0.25) is 0 Å². The maximum absolute atomic E-state index is 12.3. The number of hydrogen-bond acceptors (Lipinski definition) is 2. The molecule has 3 heteroatoms. The first-order valence-corrected chi connectivity index (χ1v) is 6.56. The van der Waals surface area contributed by atoms with Gasteiger partial charge < -0.3 is 0 Å². The van der Waals surface area contributed by atoms with E-state index in [0.717, 1.165) is 18.4 Å². The molecule has 2 aliphatic rings. The zero-order chi connectivity index (χ0) is 12.7. The number of amides is 2. The van der Waals surface area contributed by atoms with Gasteiger partial charge >= 0.3 is 0 Å². The summed E-state index contributed by atoms with van der Waals surface area (Å²) < 4.78 is 0. The maximum atomic E-state index is 12.3. The SMILES string of the molecule is CC1CC2C(=O)N(Cc3ccccc3)C(=O)C2C1. The molecule has 1 saturated heterocycles. The lowest BCUT2D eigenvalue weighted by molar-refractivity contribution is -0.141. The van der Waals surface area contributed by atoms with Crippen LogP contribution >= 0.6 is 0 Å². The highest BCUT2D eigenvalue weighted by molar-refractivity contribution is 6.05. The van der Waals surface area contributed by atoms with Gasteiger partial charge in [0.05, 0.1) is 18.4 Å². The molecule has 1 saturated carbocycles. The van der Waals surface area contributed by atoms with Crippen molar-refractivity contribution in [1.82, 2.24) is 4.90 Å². The van der Waals surface area contributed by atoms with Crippen LogP contribution in [0.15, 0.2) is 30.3 Å². The molecule has 0 bridgehead atoms. The standard InChI is InChI=1S/C15H17NO2/c1-10-7-12-13(8-10)15(18)16(14(12)17)9-11-5-3-2-4-6-11/h2-6,10,12-13H,7-9H2,1H3. The van der Waals surface area contributed by atoms with E-state index in [1.807, 2.05) is 30.3 Å². The van der Waals surface area contributed by atoms with Crippen LogP contribution in [0.25, 0.3) is 0 Å². The average molecular weight is 243 g/mol. The second kappa shape index (κ2) is 4.23. The zero-order valence-electron chi connectivity index (χ0n) is 10.5. The molecule has 94 valence electrons. The normalized spacial score (nSPS) is 30.9. The fourth-order valence-corrected chi connectivity index (χ4v) is 3.27. The van der Waals surface area contributed by atoms with E-state index in [1.54, 1.807) is 0 Å². The van der Waals surface area contributed by atoms with Crippen molar-refractivity contribution in [2.75, 3.05) is 0 Å². The lowest BCUT2D eigenvalue weighted by atomic mass is 10.00. The van der Waals surface area contributed by atoms with Crippen LogP contribution < -0.4 is 0 Å². The smallest absolute Gasteiger partial charge is 0.233 e. The molecule has 3 nitrogen and oxygen atoms in total. The quantitative estimate of drug-likeness (QED) is 0.747. The summed E-state index contributed by atoms with van der Waals surface area (Å²) in [6.45, 7) is 2.56. The van der Waals surface area contributed by atoms with Gasteiger partial charge in [0.1, 0.15) is 0 Å². The molecule has 3 rings (SSSR count).